The SMILES string of the molecule is Cc1cc(C)n(-c2cc(N3CC4CN(S(=O)(=O)c5cn(C)cn5)CC4C3)ncn2)n1. The minimum absolute atomic E-state index is 0.118. The van der Waals surface area contributed by atoms with Crippen LogP contribution in [-0.2, 0) is 17.1 Å². The summed E-state index contributed by atoms with van der Waals surface area (Å²) in [6.07, 6.45) is 4.63. The van der Waals surface area contributed by atoms with Gasteiger partial charge >= 0.3 is 0 Å². The van der Waals surface area contributed by atoms with Crippen molar-refractivity contribution in [3.05, 3.63) is 42.4 Å². The molecule has 2 unspecified atom stereocenters. The van der Waals surface area contributed by atoms with Crippen molar-refractivity contribution in [2.24, 2.45) is 18.9 Å². The summed E-state index contributed by atoms with van der Waals surface area (Å²) in [5.74, 6) is 2.13. The lowest BCUT2D eigenvalue weighted by molar-refractivity contribution is 0.451. The molecule has 2 aliphatic heterocycles. The standard InChI is InChI=1S/C19H24N8O2S/c1-13-4-14(2)27(23-13)18-5-17(20-11-21-18)25-6-15-8-26(9-16(15)7-25)30(28,29)19-10-24(3)12-22-19/h4-5,10-12,15-16H,6-9H2,1-3H3. The van der Waals surface area contributed by atoms with Crippen LogP contribution in [0.15, 0.2) is 36.0 Å². The molecule has 2 saturated heterocycles. The highest BCUT2D eigenvalue weighted by molar-refractivity contribution is 7.89. The molecule has 2 atom stereocenters. The van der Waals surface area contributed by atoms with E-state index < -0.39 is 10.0 Å². The van der Waals surface area contributed by atoms with Crippen LogP contribution in [0.2, 0.25) is 0 Å². The molecule has 3 aromatic heterocycles. The van der Waals surface area contributed by atoms with Gasteiger partial charge in [0.1, 0.15) is 12.1 Å². The molecule has 30 heavy (non-hydrogen) atoms. The number of imidazole rings is 1. The zero-order valence-corrected chi connectivity index (χ0v) is 18.0. The van der Waals surface area contributed by atoms with Crippen LogP contribution in [-0.4, -0.2) is 68.2 Å². The Labute approximate surface area is 175 Å². The number of hydrogen-bond acceptors (Lipinski definition) is 7. The number of aryl methyl sites for hydroxylation is 3. The topological polar surface area (TPSA) is 102 Å². The molecule has 0 saturated carbocycles. The highest BCUT2D eigenvalue weighted by Gasteiger charge is 2.45. The van der Waals surface area contributed by atoms with Gasteiger partial charge in [0, 0.05) is 51.2 Å². The van der Waals surface area contributed by atoms with E-state index in [0.29, 0.717) is 13.1 Å². The predicted molar refractivity (Wildman–Crippen MR) is 110 cm³/mol. The Morgan fingerprint density at radius 2 is 1.67 bits per heavy atom. The molecule has 11 heteroatoms. The van der Waals surface area contributed by atoms with Crippen molar-refractivity contribution < 1.29 is 8.42 Å². The lowest BCUT2D eigenvalue weighted by Crippen LogP contribution is -2.33. The molecule has 0 N–H and O–H groups in total. The van der Waals surface area contributed by atoms with Crippen molar-refractivity contribution in [1.82, 2.24) is 33.6 Å². The third kappa shape index (κ3) is 3.18. The first kappa shape index (κ1) is 19.2. The molecule has 0 bridgehead atoms. The second-order valence-corrected chi connectivity index (χ2v) is 10.1. The summed E-state index contributed by atoms with van der Waals surface area (Å²) in [4.78, 5) is 15.1. The minimum Gasteiger partial charge on any atom is -0.356 e. The maximum Gasteiger partial charge on any atom is 0.262 e. The minimum atomic E-state index is -3.54. The van der Waals surface area contributed by atoms with Gasteiger partial charge in [-0.1, -0.05) is 0 Å². The van der Waals surface area contributed by atoms with Gasteiger partial charge in [-0.2, -0.15) is 9.40 Å². The van der Waals surface area contributed by atoms with Crippen molar-refractivity contribution in [1.29, 1.82) is 0 Å². The fraction of sp³-hybridized carbons (Fsp3) is 0.474. The molecule has 5 rings (SSSR count). The zero-order chi connectivity index (χ0) is 21.0. The van der Waals surface area contributed by atoms with E-state index in [1.807, 2.05) is 30.7 Å². The smallest absolute Gasteiger partial charge is 0.262 e. The van der Waals surface area contributed by atoms with Crippen LogP contribution in [0.5, 0.6) is 0 Å². The van der Waals surface area contributed by atoms with E-state index in [9.17, 15) is 8.42 Å². The summed E-state index contributed by atoms with van der Waals surface area (Å²) in [6, 6.07) is 3.96. The van der Waals surface area contributed by atoms with E-state index in [1.165, 1.54) is 6.33 Å². The van der Waals surface area contributed by atoms with E-state index in [4.69, 9.17) is 0 Å². The molecular formula is C19H24N8O2S. The monoisotopic (exact) mass is 428 g/mol. The molecule has 5 heterocycles. The van der Waals surface area contributed by atoms with Gasteiger partial charge in [0.15, 0.2) is 10.8 Å². The molecule has 3 aromatic rings. The summed E-state index contributed by atoms with van der Waals surface area (Å²) in [7, 11) is -1.77. The molecule has 0 radical (unpaired) electrons. The first-order valence-corrected chi connectivity index (χ1v) is 11.3. The third-order valence-corrected chi connectivity index (χ3v) is 7.64. The maximum absolute atomic E-state index is 12.9. The van der Waals surface area contributed by atoms with Gasteiger partial charge in [0.25, 0.3) is 10.0 Å². The highest BCUT2D eigenvalue weighted by Crippen LogP contribution is 2.35. The number of nitrogens with zero attached hydrogens (tertiary/aromatic N) is 8. The number of aromatic nitrogens is 6. The Balaban J connectivity index is 1.32. The number of anilines is 1. The van der Waals surface area contributed by atoms with Gasteiger partial charge < -0.3 is 9.47 Å². The van der Waals surface area contributed by atoms with E-state index >= 15 is 0 Å². The second kappa shape index (κ2) is 6.88. The number of sulfonamides is 1. The third-order valence-electron chi connectivity index (χ3n) is 5.93. The molecule has 2 aliphatic rings. The van der Waals surface area contributed by atoms with Crippen molar-refractivity contribution in [2.75, 3.05) is 31.1 Å². The van der Waals surface area contributed by atoms with Gasteiger partial charge in [0.05, 0.1) is 12.0 Å². The van der Waals surface area contributed by atoms with Crippen LogP contribution < -0.4 is 4.90 Å². The largest absolute Gasteiger partial charge is 0.356 e. The fourth-order valence-corrected chi connectivity index (χ4v) is 5.99. The van der Waals surface area contributed by atoms with Gasteiger partial charge in [-0.25, -0.2) is 28.1 Å². The zero-order valence-electron chi connectivity index (χ0n) is 17.2. The molecule has 0 aromatic carbocycles. The Bertz CT molecular complexity index is 1190. The second-order valence-electron chi connectivity index (χ2n) is 8.20. The molecule has 10 nitrogen and oxygen atoms in total. The lowest BCUT2D eigenvalue weighted by Gasteiger charge is -2.22. The Kier molecular flexibility index (Phi) is 4.40. The Morgan fingerprint density at radius 1 is 0.967 bits per heavy atom. The van der Waals surface area contributed by atoms with Gasteiger partial charge in [0.2, 0.25) is 0 Å². The van der Waals surface area contributed by atoms with Crippen LogP contribution in [0, 0.1) is 25.7 Å². The van der Waals surface area contributed by atoms with Crippen LogP contribution >= 0.6 is 0 Å². The molecule has 0 amide bonds. The summed E-state index contributed by atoms with van der Waals surface area (Å²) in [6.45, 7) is 6.51. The van der Waals surface area contributed by atoms with Crippen molar-refractivity contribution in [3.63, 3.8) is 0 Å². The van der Waals surface area contributed by atoms with Gasteiger partial charge in [-0.3, -0.25) is 0 Å². The molecule has 0 aliphatic carbocycles. The highest BCUT2D eigenvalue weighted by atomic mass is 32.2. The molecule has 158 valence electrons. The molecular weight excluding hydrogens is 404 g/mol. The van der Waals surface area contributed by atoms with Crippen LogP contribution in [0.25, 0.3) is 5.82 Å². The quantitative estimate of drug-likeness (QED) is 0.605. The fourth-order valence-electron chi connectivity index (χ4n) is 4.47. The summed E-state index contributed by atoms with van der Waals surface area (Å²) in [5, 5.41) is 4.62. The average Bonchev–Trinajstić information content (AvgIpc) is 3.45. The first-order chi connectivity index (χ1) is 14.3. The Hall–Kier alpha value is -2.79. The maximum atomic E-state index is 12.9. The molecule has 0 spiro atoms. The number of hydrogen-bond donors (Lipinski definition) is 0. The van der Waals surface area contributed by atoms with Crippen LogP contribution in [0.3, 0.4) is 0 Å². The first-order valence-electron chi connectivity index (χ1n) is 9.90. The number of rotatable bonds is 4. The number of fused-ring (bicyclic) bond motifs is 1. The van der Waals surface area contributed by atoms with Crippen LogP contribution in [0.1, 0.15) is 11.4 Å². The van der Waals surface area contributed by atoms with Gasteiger partial charge in [-0.15, -0.1) is 0 Å². The average molecular weight is 429 g/mol. The predicted octanol–water partition coefficient (Wildman–Crippen LogP) is 0.770. The van der Waals surface area contributed by atoms with E-state index in [-0.39, 0.29) is 16.9 Å². The van der Waals surface area contributed by atoms with E-state index in [0.717, 1.165) is 36.1 Å². The van der Waals surface area contributed by atoms with E-state index in [2.05, 4.69) is 25.0 Å². The van der Waals surface area contributed by atoms with E-state index in [1.54, 1.807) is 28.4 Å². The molecule has 2 fully saturated rings. The van der Waals surface area contributed by atoms with Crippen LogP contribution in [0.4, 0.5) is 5.82 Å². The van der Waals surface area contributed by atoms with Gasteiger partial charge in [-0.05, 0) is 31.7 Å². The summed E-state index contributed by atoms with van der Waals surface area (Å²) in [5.41, 5.74) is 1.96. The lowest BCUT2D eigenvalue weighted by atomic mass is 10.0. The van der Waals surface area contributed by atoms with Crippen molar-refractivity contribution in [2.45, 2.75) is 18.9 Å². The van der Waals surface area contributed by atoms with Crippen molar-refractivity contribution >= 4 is 15.8 Å². The Morgan fingerprint density at radius 3 is 2.27 bits per heavy atom. The normalized spacial score (nSPS) is 22.0. The van der Waals surface area contributed by atoms with Crippen molar-refractivity contribution in [3.8, 4) is 5.82 Å². The summed E-state index contributed by atoms with van der Waals surface area (Å²) < 4.78 is 30.8. The summed E-state index contributed by atoms with van der Waals surface area (Å²) >= 11 is 0.